The van der Waals surface area contributed by atoms with Gasteiger partial charge in [-0.05, 0) is 18.6 Å². The van der Waals surface area contributed by atoms with E-state index in [-0.39, 0.29) is 17.8 Å². The summed E-state index contributed by atoms with van der Waals surface area (Å²) in [6, 6.07) is 4.13. The van der Waals surface area contributed by atoms with Gasteiger partial charge in [-0.3, -0.25) is 9.59 Å². The van der Waals surface area contributed by atoms with Gasteiger partial charge in [0.05, 0.1) is 11.3 Å². The molecule has 0 N–H and O–H groups in total. The van der Waals surface area contributed by atoms with E-state index >= 15 is 0 Å². The minimum Gasteiger partial charge on any atom is -0.302 e. The molecule has 1 aliphatic heterocycles. The smallest absolute Gasteiger partial charge is 0.299 e. The minimum atomic E-state index is -0.665. The molecule has 0 unspecified atom stereocenters. The maximum atomic E-state index is 13.5. The molecule has 0 atom stereocenters. The molecule has 0 saturated heterocycles. The summed E-state index contributed by atoms with van der Waals surface area (Å²) in [7, 11) is 0. The molecule has 0 saturated carbocycles. The van der Waals surface area contributed by atoms with Gasteiger partial charge >= 0.3 is 0 Å². The maximum absolute atomic E-state index is 13.5. The number of ketones is 1. The maximum Gasteiger partial charge on any atom is 0.299 e. The summed E-state index contributed by atoms with van der Waals surface area (Å²) < 4.78 is 13.5. The van der Waals surface area contributed by atoms with Crippen LogP contribution < -0.4 is 4.90 Å². The molecule has 1 aromatic carbocycles. The minimum absolute atomic E-state index is 0.0966. The van der Waals surface area contributed by atoms with Crippen LogP contribution in [0.5, 0.6) is 0 Å². The summed E-state index contributed by atoms with van der Waals surface area (Å²) in [5, 5.41) is 0. The molecule has 0 radical (unpaired) electrons. The summed E-state index contributed by atoms with van der Waals surface area (Å²) >= 11 is 0. The SMILES string of the molecule is C=CCCN1C(=O)C(=O)c2cccc(F)c21. The molecule has 0 spiro atoms. The highest BCUT2D eigenvalue weighted by molar-refractivity contribution is 6.52. The van der Waals surface area contributed by atoms with E-state index in [0.717, 1.165) is 0 Å². The molecule has 4 heteroatoms. The van der Waals surface area contributed by atoms with Crippen LogP contribution in [-0.2, 0) is 4.79 Å². The first kappa shape index (κ1) is 10.5. The van der Waals surface area contributed by atoms with Crippen molar-refractivity contribution in [1.29, 1.82) is 0 Å². The van der Waals surface area contributed by atoms with Gasteiger partial charge in [0.15, 0.2) is 0 Å². The fourth-order valence-corrected chi connectivity index (χ4v) is 1.75. The zero-order valence-corrected chi connectivity index (χ0v) is 8.57. The number of nitrogens with zero attached hydrogens (tertiary/aromatic N) is 1. The number of carbonyl (C=O) groups excluding carboxylic acids is 2. The van der Waals surface area contributed by atoms with Crippen molar-refractivity contribution in [2.45, 2.75) is 6.42 Å². The van der Waals surface area contributed by atoms with Gasteiger partial charge in [0, 0.05) is 6.54 Å². The first-order valence-corrected chi connectivity index (χ1v) is 4.92. The van der Waals surface area contributed by atoms with Crippen LogP contribution in [-0.4, -0.2) is 18.2 Å². The lowest BCUT2D eigenvalue weighted by Crippen LogP contribution is -2.30. The Hall–Kier alpha value is -1.97. The molecule has 2 rings (SSSR count). The van der Waals surface area contributed by atoms with E-state index in [9.17, 15) is 14.0 Å². The van der Waals surface area contributed by atoms with Crippen LogP contribution in [0.1, 0.15) is 16.8 Å². The van der Waals surface area contributed by atoms with Gasteiger partial charge in [0.2, 0.25) is 0 Å². The second kappa shape index (κ2) is 3.89. The highest BCUT2D eigenvalue weighted by atomic mass is 19.1. The lowest BCUT2D eigenvalue weighted by Gasteiger charge is -2.15. The fourth-order valence-electron chi connectivity index (χ4n) is 1.75. The zero-order valence-electron chi connectivity index (χ0n) is 8.57. The quantitative estimate of drug-likeness (QED) is 0.575. The normalized spacial score (nSPS) is 14.2. The van der Waals surface area contributed by atoms with Crippen LogP contribution in [0.3, 0.4) is 0 Å². The standard InChI is InChI=1S/C12H10FNO2/c1-2-3-7-14-10-8(11(15)12(14)16)5-4-6-9(10)13/h2,4-6H,1,3,7H2. The topological polar surface area (TPSA) is 37.4 Å². The third-order valence-corrected chi connectivity index (χ3v) is 2.50. The number of para-hydroxylation sites is 1. The zero-order chi connectivity index (χ0) is 11.7. The summed E-state index contributed by atoms with van der Waals surface area (Å²) in [6.07, 6.45) is 2.14. The van der Waals surface area contributed by atoms with Gasteiger partial charge in [-0.2, -0.15) is 0 Å². The van der Waals surface area contributed by atoms with Crippen molar-refractivity contribution in [3.05, 3.63) is 42.2 Å². The van der Waals surface area contributed by atoms with Crippen LogP contribution >= 0.6 is 0 Å². The molecule has 0 aromatic heterocycles. The average Bonchev–Trinajstić information content (AvgIpc) is 2.52. The van der Waals surface area contributed by atoms with Crippen molar-refractivity contribution in [3.8, 4) is 0 Å². The summed E-state index contributed by atoms with van der Waals surface area (Å²) in [5.41, 5.74) is 0.244. The number of anilines is 1. The first-order valence-electron chi connectivity index (χ1n) is 4.92. The number of halogens is 1. The summed E-state index contributed by atoms with van der Waals surface area (Å²) in [6.45, 7) is 3.81. The molecule has 1 aromatic rings. The predicted molar refractivity (Wildman–Crippen MR) is 57.9 cm³/mol. The van der Waals surface area contributed by atoms with Crippen molar-refractivity contribution < 1.29 is 14.0 Å². The van der Waals surface area contributed by atoms with Crippen LogP contribution in [0.25, 0.3) is 0 Å². The van der Waals surface area contributed by atoms with Gasteiger partial charge in [-0.15, -0.1) is 6.58 Å². The van der Waals surface area contributed by atoms with E-state index in [2.05, 4.69) is 6.58 Å². The Morgan fingerprint density at radius 1 is 1.38 bits per heavy atom. The van der Waals surface area contributed by atoms with Gasteiger partial charge in [0.25, 0.3) is 11.7 Å². The summed E-state index contributed by atoms with van der Waals surface area (Å²) in [4.78, 5) is 24.3. The van der Waals surface area contributed by atoms with E-state index in [0.29, 0.717) is 6.42 Å². The third-order valence-electron chi connectivity index (χ3n) is 2.50. The highest BCUT2D eigenvalue weighted by Crippen LogP contribution is 2.31. The van der Waals surface area contributed by atoms with E-state index < -0.39 is 17.5 Å². The molecular formula is C12H10FNO2. The van der Waals surface area contributed by atoms with Crippen LogP contribution in [0, 0.1) is 5.82 Å². The highest BCUT2D eigenvalue weighted by Gasteiger charge is 2.37. The fraction of sp³-hybridized carbons (Fsp3) is 0.167. The van der Waals surface area contributed by atoms with Crippen molar-refractivity contribution in [2.75, 3.05) is 11.4 Å². The summed E-state index contributed by atoms with van der Waals surface area (Å²) in [5.74, 6) is -1.85. The molecule has 1 heterocycles. The average molecular weight is 219 g/mol. The molecule has 0 bridgehead atoms. The second-order valence-corrected chi connectivity index (χ2v) is 3.50. The number of fused-ring (bicyclic) bond motifs is 1. The number of carbonyl (C=O) groups is 2. The molecule has 1 aliphatic rings. The van der Waals surface area contributed by atoms with Crippen molar-refractivity contribution >= 4 is 17.4 Å². The van der Waals surface area contributed by atoms with Crippen LogP contribution in [0.2, 0.25) is 0 Å². The van der Waals surface area contributed by atoms with Crippen LogP contribution in [0.15, 0.2) is 30.9 Å². The lowest BCUT2D eigenvalue weighted by molar-refractivity contribution is -0.114. The number of benzene rings is 1. The van der Waals surface area contributed by atoms with E-state index in [1.807, 2.05) is 0 Å². The molecule has 1 amide bonds. The molecule has 0 fully saturated rings. The first-order chi connectivity index (χ1) is 7.66. The molecule has 0 aliphatic carbocycles. The Balaban J connectivity index is 2.47. The predicted octanol–water partition coefficient (Wildman–Crippen LogP) is 1.93. The van der Waals surface area contributed by atoms with E-state index in [4.69, 9.17) is 0 Å². The van der Waals surface area contributed by atoms with E-state index in [1.165, 1.54) is 23.1 Å². The Labute approximate surface area is 92.2 Å². The molecule has 16 heavy (non-hydrogen) atoms. The van der Waals surface area contributed by atoms with Crippen molar-refractivity contribution in [2.24, 2.45) is 0 Å². The molecule has 82 valence electrons. The lowest BCUT2D eigenvalue weighted by atomic mass is 10.1. The monoisotopic (exact) mass is 219 g/mol. The second-order valence-electron chi connectivity index (χ2n) is 3.50. The number of Topliss-reactive ketones (excluding diaryl/α,β-unsaturated/α-hetero) is 1. The Morgan fingerprint density at radius 3 is 2.81 bits per heavy atom. The van der Waals surface area contributed by atoms with Crippen LogP contribution in [0.4, 0.5) is 10.1 Å². The number of hydrogen-bond donors (Lipinski definition) is 0. The largest absolute Gasteiger partial charge is 0.302 e. The number of amides is 1. The van der Waals surface area contributed by atoms with Gasteiger partial charge < -0.3 is 4.90 Å². The third kappa shape index (κ3) is 1.43. The van der Waals surface area contributed by atoms with Gasteiger partial charge in [-0.1, -0.05) is 12.1 Å². The van der Waals surface area contributed by atoms with Crippen molar-refractivity contribution in [3.63, 3.8) is 0 Å². The number of rotatable bonds is 3. The molecule has 3 nitrogen and oxygen atoms in total. The van der Waals surface area contributed by atoms with Gasteiger partial charge in [0.1, 0.15) is 5.82 Å². The van der Waals surface area contributed by atoms with Gasteiger partial charge in [-0.25, -0.2) is 4.39 Å². The Morgan fingerprint density at radius 2 is 2.12 bits per heavy atom. The van der Waals surface area contributed by atoms with E-state index in [1.54, 1.807) is 6.08 Å². The Kier molecular flexibility index (Phi) is 2.56. The Bertz CT molecular complexity index is 482. The van der Waals surface area contributed by atoms with Crippen molar-refractivity contribution in [1.82, 2.24) is 0 Å². The molecular weight excluding hydrogens is 209 g/mol. The number of hydrogen-bond acceptors (Lipinski definition) is 2.